The Morgan fingerprint density at radius 2 is 2.35 bits per heavy atom. The first-order valence-electron chi connectivity index (χ1n) is 8.15. The van der Waals surface area contributed by atoms with E-state index in [1.54, 1.807) is 25.2 Å². The Hall–Kier alpha value is -2.08. The van der Waals surface area contributed by atoms with E-state index in [2.05, 4.69) is 17.6 Å². The third kappa shape index (κ3) is 3.47. The maximum absolute atomic E-state index is 12.3. The van der Waals surface area contributed by atoms with Gasteiger partial charge >= 0.3 is 5.76 Å². The van der Waals surface area contributed by atoms with E-state index < -0.39 is 5.76 Å². The average Bonchev–Trinajstić information content (AvgIpc) is 2.83. The molecule has 6 heteroatoms. The van der Waals surface area contributed by atoms with Crippen LogP contribution in [0.25, 0.3) is 11.1 Å². The summed E-state index contributed by atoms with van der Waals surface area (Å²) in [6.45, 7) is 4.22. The van der Waals surface area contributed by atoms with Crippen molar-refractivity contribution in [3.05, 3.63) is 28.7 Å². The van der Waals surface area contributed by atoms with Gasteiger partial charge in [-0.05, 0) is 56.0 Å². The molecule has 2 aromatic rings. The van der Waals surface area contributed by atoms with Crippen LogP contribution < -0.4 is 16.4 Å². The van der Waals surface area contributed by atoms with Crippen LogP contribution in [0.5, 0.6) is 0 Å². The van der Waals surface area contributed by atoms with Crippen LogP contribution in [-0.4, -0.2) is 23.6 Å². The van der Waals surface area contributed by atoms with Crippen LogP contribution >= 0.6 is 0 Å². The molecule has 2 atom stereocenters. The summed E-state index contributed by atoms with van der Waals surface area (Å²) in [7, 11) is 1.65. The largest absolute Gasteiger partial charge is 0.419 e. The molecular formula is C17H23N3O3. The van der Waals surface area contributed by atoms with Gasteiger partial charge in [0.25, 0.3) is 0 Å². The van der Waals surface area contributed by atoms with Crippen LogP contribution in [0, 0.1) is 11.8 Å². The summed E-state index contributed by atoms with van der Waals surface area (Å²) >= 11 is 0. The first-order chi connectivity index (χ1) is 11.0. The van der Waals surface area contributed by atoms with E-state index in [1.165, 1.54) is 17.4 Å². The SMILES string of the molecule is CC(CC(=O)Nc1ccc2oc(=O)n(C)c2c1)C1CCCNC1. The van der Waals surface area contributed by atoms with Crippen LogP contribution in [0.2, 0.25) is 0 Å². The van der Waals surface area contributed by atoms with Gasteiger partial charge in [-0.15, -0.1) is 0 Å². The lowest BCUT2D eigenvalue weighted by molar-refractivity contribution is -0.117. The maximum Gasteiger partial charge on any atom is 0.419 e. The highest BCUT2D eigenvalue weighted by Crippen LogP contribution is 2.23. The molecule has 1 aliphatic rings. The highest BCUT2D eigenvalue weighted by molar-refractivity contribution is 5.92. The number of hydrogen-bond acceptors (Lipinski definition) is 4. The molecule has 3 rings (SSSR count). The summed E-state index contributed by atoms with van der Waals surface area (Å²) in [5, 5.41) is 6.32. The Labute approximate surface area is 134 Å². The molecule has 2 heterocycles. The quantitative estimate of drug-likeness (QED) is 0.905. The van der Waals surface area contributed by atoms with Crippen molar-refractivity contribution in [2.24, 2.45) is 18.9 Å². The molecule has 6 nitrogen and oxygen atoms in total. The Bertz CT molecular complexity index is 756. The van der Waals surface area contributed by atoms with Crippen molar-refractivity contribution in [1.29, 1.82) is 0 Å². The first kappa shape index (κ1) is 15.8. The van der Waals surface area contributed by atoms with Gasteiger partial charge in [-0.2, -0.15) is 0 Å². The zero-order chi connectivity index (χ0) is 16.4. The third-order valence-electron chi connectivity index (χ3n) is 4.72. The Morgan fingerprint density at radius 1 is 1.52 bits per heavy atom. The molecular weight excluding hydrogens is 294 g/mol. The van der Waals surface area contributed by atoms with Crippen molar-refractivity contribution in [2.45, 2.75) is 26.2 Å². The number of oxazole rings is 1. The van der Waals surface area contributed by atoms with Gasteiger partial charge in [-0.25, -0.2) is 4.79 Å². The highest BCUT2D eigenvalue weighted by Gasteiger charge is 2.22. The molecule has 124 valence electrons. The summed E-state index contributed by atoms with van der Waals surface area (Å²) in [4.78, 5) is 23.8. The Balaban J connectivity index is 1.65. The molecule has 1 aromatic heterocycles. The fourth-order valence-electron chi connectivity index (χ4n) is 3.24. The molecule has 0 spiro atoms. The number of benzene rings is 1. The number of carbonyl (C=O) groups excluding carboxylic acids is 1. The van der Waals surface area contributed by atoms with Gasteiger partial charge in [-0.3, -0.25) is 9.36 Å². The zero-order valence-corrected chi connectivity index (χ0v) is 13.6. The minimum atomic E-state index is -0.401. The monoisotopic (exact) mass is 317 g/mol. The third-order valence-corrected chi connectivity index (χ3v) is 4.72. The number of aromatic nitrogens is 1. The summed E-state index contributed by atoms with van der Waals surface area (Å²) in [6.07, 6.45) is 2.88. The number of amides is 1. The number of hydrogen-bond donors (Lipinski definition) is 2. The topological polar surface area (TPSA) is 76.3 Å². The lowest BCUT2D eigenvalue weighted by Crippen LogP contribution is -2.34. The molecule has 0 saturated carbocycles. The number of fused-ring (bicyclic) bond motifs is 1. The van der Waals surface area contributed by atoms with Crippen molar-refractivity contribution >= 4 is 22.7 Å². The Morgan fingerprint density at radius 3 is 3.09 bits per heavy atom. The standard InChI is InChI=1S/C17H23N3O3/c1-11(12-4-3-7-18-10-12)8-16(21)19-13-5-6-15-14(9-13)20(2)17(22)23-15/h5-6,9,11-12,18H,3-4,7-8,10H2,1-2H3,(H,19,21). The van der Waals surface area contributed by atoms with Crippen LogP contribution in [0.15, 0.2) is 27.4 Å². The predicted octanol–water partition coefficient (Wildman–Crippen LogP) is 2.10. The lowest BCUT2D eigenvalue weighted by atomic mass is 9.85. The normalized spacial score (nSPS) is 19.7. The molecule has 1 amide bonds. The maximum atomic E-state index is 12.3. The fourth-order valence-corrected chi connectivity index (χ4v) is 3.24. The summed E-state index contributed by atoms with van der Waals surface area (Å²) < 4.78 is 6.52. The molecule has 2 unspecified atom stereocenters. The van der Waals surface area contributed by atoms with E-state index in [9.17, 15) is 9.59 Å². The van der Waals surface area contributed by atoms with E-state index in [0.29, 0.717) is 35.0 Å². The number of nitrogens with one attached hydrogen (secondary N) is 2. The summed E-state index contributed by atoms with van der Waals surface area (Å²) in [5.74, 6) is 0.523. The average molecular weight is 317 g/mol. The van der Waals surface area contributed by atoms with Gasteiger partial charge in [0.15, 0.2) is 5.58 Å². The molecule has 2 N–H and O–H groups in total. The van der Waals surface area contributed by atoms with Crippen LogP contribution in [0.4, 0.5) is 5.69 Å². The molecule has 23 heavy (non-hydrogen) atoms. The fraction of sp³-hybridized carbons (Fsp3) is 0.529. The second-order valence-electron chi connectivity index (χ2n) is 6.45. The molecule has 1 fully saturated rings. The van der Waals surface area contributed by atoms with E-state index in [0.717, 1.165) is 13.1 Å². The van der Waals surface area contributed by atoms with Gasteiger partial charge in [-0.1, -0.05) is 6.92 Å². The molecule has 0 bridgehead atoms. The number of nitrogens with zero attached hydrogens (tertiary/aromatic N) is 1. The molecule has 0 aliphatic carbocycles. The number of carbonyl (C=O) groups is 1. The van der Waals surface area contributed by atoms with E-state index in [4.69, 9.17) is 4.42 Å². The zero-order valence-electron chi connectivity index (χ0n) is 13.6. The van der Waals surface area contributed by atoms with Crippen LogP contribution in [0.1, 0.15) is 26.2 Å². The van der Waals surface area contributed by atoms with Crippen LogP contribution in [-0.2, 0) is 11.8 Å². The number of aryl methyl sites for hydroxylation is 1. The lowest BCUT2D eigenvalue weighted by Gasteiger charge is -2.28. The molecule has 0 radical (unpaired) electrons. The van der Waals surface area contributed by atoms with E-state index >= 15 is 0 Å². The Kier molecular flexibility index (Phi) is 4.52. The van der Waals surface area contributed by atoms with Crippen molar-refractivity contribution < 1.29 is 9.21 Å². The van der Waals surface area contributed by atoms with Gasteiger partial charge < -0.3 is 15.1 Å². The number of anilines is 1. The number of rotatable bonds is 4. The second kappa shape index (κ2) is 6.58. The van der Waals surface area contributed by atoms with Gasteiger partial charge in [0.2, 0.25) is 5.91 Å². The smallest absolute Gasteiger partial charge is 0.408 e. The van der Waals surface area contributed by atoms with Crippen molar-refractivity contribution in [1.82, 2.24) is 9.88 Å². The van der Waals surface area contributed by atoms with E-state index in [1.807, 2.05) is 0 Å². The van der Waals surface area contributed by atoms with E-state index in [-0.39, 0.29) is 5.91 Å². The molecule has 1 saturated heterocycles. The van der Waals surface area contributed by atoms with Gasteiger partial charge in [0, 0.05) is 19.2 Å². The van der Waals surface area contributed by atoms with Gasteiger partial charge in [0.05, 0.1) is 5.52 Å². The van der Waals surface area contributed by atoms with Crippen molar-refractivity contribution in [3.63, 3.8) is 0 Å². The minimum absolute atomic E-state index is 0.0101. The highest BCUT2D eigenvalue weighted by atomic mass is 16.4. The minimum Gasteiger partial charge on any atom is -0.408 e. The van der Waals surface area contributed by atoms with Crippen molar-refractivity contribution in [3.8, 4) is 0 Å². The van der Waals surface area contributed by atoms with Crippen LogP contribution in [0.3, 0.4) is 0 Å². The molecule has 1 aliphatic heterocycles. The first-order valence-corrected chi connectivity index (χ1v) is 8.15. The number of piperidine rings is 1. The summed E-state index contributed by atoms with van der Waals surface area (Å²) in [6, 6.07) is 5.24. The molecule has 1 aromatic carbocycles. The van der Waals surface area contributed by atoms with Crippen molar-refractivity contribution in [2.75, 3.05) is 18.4 Å². The van der Waals surface area contributed by atoms with Gasteiger partial charge in [0.1, 0.15) is 0 Å². The summed E-state index contributed by atoms with van der Waals surface area (Å²) in [5.41, 5.74) is 1.89. The predicted molar refractivity (Wildman–Crippen MR) is 89.5 cm³/mol. The second-order valence-corrected chi connectivity index (χ2v) is 6.45.